The van der Waals surface area contributed by atoms with E-state index >= 15 is 0 Å². The Bertz CT molecular complexity index is 1280. The monoisotopic (exact) mass is 477 g/mol. The summed E-state index contributed by atoms with van der Waals surface area (Å²) in [5.41, 5.74) is 4.11. The molecule has 0 saturated heterocycles. The van der Waals surface area contributed by atoms with Gasteiger partial charge in [-0.15, -0.1) is 6.58 Å². The lowest BCUT2D eigenvalue weighted by molar-refractivity contribution is -0.759. The van der Waals surface area contributed by atoms with Crippen molar-refractivity contribution >= 4 is 17.4 Å². The van der Waals surface area contributed by atoms with Crippen LogP contribution in [-0.2, 0) is 10.8 Å². The van der Waals surface area contributed by atoms with E-state index in [4.69, 9.17) is 5.10 Å². The molecule has 1 atom stereocenters. The fourth-order valence-corrected chi connectivity index (χ4v) is 4.86. The van der Waals surface area contributed by atoms with Gasteiger partial charge in [-0.2, -0.15) is 0 Å². The molecule has 1 aliphatic rings. The van der Waals surface area contributed by atoms with Gasteiger partial charge in [-0.05, 0) is 39.8 Å². The van der Waals surface area contributed by atoms with Crippen LogP contribution in [0, 0.1) is 0 Å². The summed E-state index contributed by atoms with van der Waals surface area (Å²) in [5.74, 6) is 0.963. The minimum atomic E-state index is -0.418. The number of nitrogens with zero attached hydrogens (tertiary/aromatic N) is 2. The fraction of sp³-hybridized carbons (Fsp3) is 0.370. The van der Waals surface area contributed by atoms with E-state index in [2.05, 4.69) is 58.4 Å². The van der Waals surface area contributed by atoms with E-state index in [1.165, 1.54) is 11.8 Å². The lowest BCUT2D eigenvalue weighted by Crippen LogP contribution is -2.55. The number of aromatic amines is 1. The predicted octanol–water partition coefficient (Wildman–Crippen LogP) is 5.28. The molecule has 3 aromatic rings. The summed E-state index contributed by atoms with van der Waals surface area (Å²) in [4.78, 5) is 16.2. The van der Waals surface area contributed by atoms with Crippen molar-refractivity contribution in [1.82, 2.24) is 10.1 Å². The fourth-order valence-electron chi connectivity index (χ4n) is 4.28. The minimum absolute atomic E-state index is 0.189. The Hall–Kier alpha value is -3.06. The second-order valence-electron chi connectivity index (χ2n) is 10.7. The Morgan fingerprint density at radius 3 is 2.32 bits per heavy atom. The van der Waals surface area contributed by atoms with Crippen molar-refractivity contribution in [2.24, 2.45) is 0 Å². The maximum atomic E-state index is 13.3. The molecular weight excluding hydrogens is 444 g/mol. The van der Waals surface area contributed by atoms with Crippen molar-refractivity contribution in [2.45, 2.75) is 63.7 Å². The molecule has 1 aromatic heterocycles. The maximum absolute atomic E-state index is 13.3. The van der Waals surface area contributed by atoms with Gasteiger partial charge in [-0.1, -0.05) is 71.5 Å². The van der Waals surface area contributed by atoms with Crippen LogP contribution in [0.1, 0.15) is 64.4 Å². The average Bonchev–Trinajstić information content (AvgIpc) is 2.75. The minimum Gasteiger partial charge on any atom is -0.507 e. The SMILES string of the molecule is C=CCSc1n[n+]2c(c(=O)[nH]1)-c1ccccc1N[C@@H]2c1cc(C(C)(C)C)c(O)c(C(C)(C)C)c1. The molecule has 0 aliphatic carbocycles. The highest BCUT2D eigenvalue weighted by molar-refractivity contribution is 7.99. The van der Waals surface area contributed by atoms with Gasteiger partial charge in [0.25, 0.3) is 6.17 Å². The van der Waals surface area contributed by atoms with Gasteiger partial charge in [0.05, 0.1) is 11.3 Å². The van der Waals surface area contributed by atoms with E-state index in [9.17, 15) is 9.90 Å². The number of anilines is 1. The van der Waals surface area contributed by atoms with Crippen LogP contribution in [0.2, 0.25) is 0 Å². The highest BCUT2D eigenvalue weighted by atomic mass is 32.2. The van der Waals surface area contributed by atoms with Crippen LogP contribution in [0.3, 0.4) is 0 Å². The summed E-state index contributed by atoms with van der Waals surface area (Å²) in [6.45, 7) is 16.3. The molecule has 0 radical (unpaired) electrons. The number of rotatable bonds is 4. The van der Waals surface area contributed by atoms with E-state index in [1.807, 2.05) is 36.4 Å². The Balaban J connectivity index is 2.01. The smallest absolute Gasteiger partial charge is 0.325 e. The molecule has 0 spiro atoms. The molecule has 3 N–H and O–H groups in total. The number of hydrogen-bond donors (Lipinski definition) is 3. The molecule has 0 fully saturated rings. The quantitative estimate of drug-likeness (QED) is 0.271. The molecule has 6 nitrogen and oxygen atoms in total. The number of nitrogens with one attached hydrogen (secondary N) is 2. The molecular formula is C27H33N4O2S+. The highest BCUT2D eigenvalue weighted by Gasteiger charge is 2.39. The molecule has 2 aromatic carbocycles. The number of aromatic nitrogens is 3. The first kappa shape index (κ1) is 24.1. The van der Waals surface area contributed by atoms with Gasteiger partial charge < -0.3 is 10.4 Å². The summed E-state index contributed by atoms with van der Waals surface area (Å²) < 4.78 is 1.78. The number of phenols is 1. The van der Waals surface area contributed by atoms with Crippen LogP contribution >= 0.6 is 11.8 Å². The summed E-state index contributed by atoms with van der Waals surface area (Å²) in [6.07, 6.45) is 1.36. The van der Waals surface area contributed by atoms with E-state index in [0.29, 0.717) is 22.4 Å². The van der Waals surface area contributed by atoms with Crippen molar-refractivity contribution in [1.29, 1.82) is 0 Å². The number of para-hydroxylation sites is 1. The third kappa shape index (κ3) is 4.37. The van der Waals surface area contributed by atoms with E-state index < -0.39 is 6.17 Å². The van der Waals surface area contributed by atoms with Gasteiger partial charge in [0, 0.05) is 27.5 Å². The lowest BCUT2D eigenvalue weighted by Gasteiger charge is -2.30. The summed E-state index contributed by atoms with van der Waals surface area (Å²) in [5, 5.41) is 20.2. The van der Waals surface area contributed by atoms with Crippen molar-refractivity contribution in [2.75, 3.05) is 11.1 Å². The number of hydrogen-bond acceptors (Lipinski definition) is 5. The average molecular weight is 478 g/mol. The number of benzene rings is 2. The van der Waals surface area contributed by atoms with Gasteiger partial charge >= 0.3 is 11.3 Å². The topological polar surface area (TPSA) is 81.9 Å². The number of phenolic OH excluding ortho intramolecular Hbond substituents is 1. The van der Waals surface area contributed by atoms with Gasteiger partial charge in [0.2, 0.25) is 5.16 Å². The van der Waals surface area contributed by atoms with Gasteiger partial charge in [-0.25, -0.2) is 0 Å². The van der Waals surface area contributed by atoms with Crippen LogP contribution in [0.4, 0.5) is 5.69 Å². The molecule has 0 bridgehead atoms. The van der Waals surface area contributed by atoms with E-state index in [-0.39, 0.29) is 16.4 Å². The predicted molar refractivity (Wildman–Crippen MR) is 139 cm³/mol. The van der Waals surface area contributed by atoms with Crippen molar-refractivity contribution < 1.29 is 9.79 Å². The number of H-pyrrole nitrogens is 1. The normalized spacial score (nSPS) is 15.3. The summed E-state index contributed by atoms with van der Waals surface area (Å²) in [7, 11) is 0. The second-order valence-corrected chi connectivity index (χ2v) is 11.7. The van der Waals surface area contributed by atoms with Crippen molar-refractivity contribution in [3.05, 3.63) is 76.1 Å². The first-order valence-corrected chi connectivity index (χ1v) is 12.4. The molecule has 4 rings (SSSR count). The zero-order valence-electron chi connectivity index (χ0n) is 20.7. The number of thioether (sulfide) groups is 1. The van der Waals surface area contributed by atoms with Crippen LogP contribution in [0.25, 0.3) is 11.3 Å². The number of aromatic hydroxyl groups is 1. The summed E-state index contributed by atoms with van der Waals surface area (Å²) in [6, 6.07) is 11.8. The molecule has 1 aliphatic heterocycles. The molecule has 0 amide bonds. The van der Waals surface area contributed by atoms with Gasteiger partial charge in [0.1, 0.15) is 5.75 Å². The molecule has 178 valence electrons. The Kier molecular flexibility index (Phi) is 6.10. The first-order chi connectivity index (χ1) is 15.9. The van der Waals surface area contributed by atoms with Crippen LogP contribution in [-0.4, -0.2) is 20.9 Å². The zero-order chi connectivity index (χ0) is 24.8. The van der Waals surface area contributed by atoms with Crippen LogP contribution in [0.5, 0.6) is 5.75 Å². The van der Waals surface area contributed by atoms with Gasteiger partial charge in [0.15, 0.2) is 0 Å². The largest absolute Gasteiger partial charge is 0.507 e. The zero-order valence-corrected chi connectivity index (χ0v) is 21.5. The summed E-state index contributed by atoms with van der Waals surface area (Å²) >= 11 is 1.43. The highest BCUT2D eigenvalue weighted by Crippen LogP contribution is 2.42. The third-order valence-electron chi connectivity index (χ3n) is 5.98. The molecule has 0 unspecified atom stereocenters. The molecule has 2 heterocycles. The maximum Gasteiger partial charge on any atom is 0.325 e. The van der Waals surface area contributed by atoms with Crippen LogP contribution < -0.4 is 15.6 Å². The number of fused-ring (bicyclic) bond motifs is 3. The van der Waals surface area contributed by atoms with E-state index in [1.54, 1.807) is 10.8 Å². The third-order valence-corrected chi connectivity index (χ3v) is 6.84. The molecule has 0 saturated carbocycles. The van der Waals surface area contributed by atoms with Crippen molar-refractivity contribution in [3.63, 3.8) is 0 Å². The second kappa shape index (κ2) is 8.62. The van der Waals surface area contributed by atoms with Gasteiger partial charge in [-0.3, -0.25) is 9.78 Å². The standard InChI is InChI=1S/C27H32N4O2S/c1-8-13-34-25-29-24(33)21-17-11-9-10-12-20(17)28-23(31(21)30-25)16-14-18(26(2,3)4)22(32)19(15-16)27(5,6)7/h8-12,14-15,23H,1,13H2,2-7H3,(H2,29,30,32,33)/p+1/t23-/m0/s1. The lowest BCUT2D eigenvalue weighted by atomic mass is 9.78. The van der Waals surface area contributed by atoms with E-state index in [0.717, 1.165) is 27.9 Å². The Morgan fingerprint density at radius 2 is 1.74 bits per heavy atom. The Labute approximate surface area is 205 Å². The molecule has 34 heavy (non-hydrogen) atoms. The van der Waals surface area contributed by atoms with Crippen LogP contribution in [0.15, 0.2) is 59.0 Å². The first-order valence-electron chi connectivity index (χ1n) is 11.5. The Morgan fingerprint density at radius 1 is 1.12 bits per heavy atom. The van der Waals surface area contributed by atoms with Crippen molar-refractivity contribution in [3.8, 4) is 17.0 Å². The molecule has 7 heteroatoms.